The standard InChI is InChI=1S/C9H12N5O5P/c10-7-5-8(12-2-11-7)14(3-13-5)9-6(19-20(16)17)4(15)1-18-9/h2-4,6,9,15,20H,1H2,(H,16,17)(H2,10,11,12)/t4?,6?,9-/m1/s1. The summed E-state index contributed by atoms with van der Waals surface area (Å²) in [5.41, 5.74) is 6.45. The molecule has 10 nitrogen and oxygen atoms in total. The van der Waals surface area contributed by atoms with Crippen molar-refractivity contribution < 1.29 is 23.8 Å². The molecule has 4 N–H and O–H groups in total. The van der Waals surface area contributed by atoms with Crippen molar-refractivity contribution in [1.29, 1.82) is 0 Å². The van der Waals surface area contributed by atoms with Crippen molar-refractivity contribution >= 4 is 25.2 Å². The van der Waals surface area contributed by atoms with Gasteiger partial charge < -0.3 is 20.5 Å². The lowest BCUT2D eigenvalue weighted by atomic mass is 10.2. The summed E-state index contributed by atoms with van der Waals surface area (Å²) in [5, 5.41) is 9.76. The normalized spacial score (nSPS) is 28.0. The van der Waals surface area contributed by atoms with E-state index in [-0.39, 0.29) is 12.4 Å². The van der Waals surface area contributed by atoms with Gasteiger partial charge in [0.2, 0.25) is 0 Å². The number of aliphatic hydroxyl groups excluding tert-OH is 1. The summed E-state index contributed by atoms with van der Waals surface area (Å²) >= 11 is 0. The number of imidazole rings is 1. The van der Waals surface area contributed by atoms with E-state index in [1.807, 2.05) is 0 Å². The van der Waals surface area contributed by atoms with Gasteiger partial charge in [-0.3, -0.25) is 13.7 Å². The van der Waals surface area contributed by atoms with Gasteiger partial charge in [-0.1, -0.05) is 0 Å². The zero-order valence-electron chi connectivity index (χ0n) is 10.1. The highest BCUT2D eigenvalue weighted by Crippen LogP contribution is 2.34. The minimum Gasteiger partial charge on any atom is -0.388 e. The Labute approximate surface area is 113 Å². The first-order chi connectivity index (χ1) is 9.58. The molecule has 1 saturated heterocycles. The van der Waals surface area contributed by atoms with E-state index in [9.17, 15) is 9.67 Å². The van der Waals surface area contributed by atoms with Crippen LogP contribution < -0.4 is 5.73 Å². The Bertz CT molecular complexity index is 663. The van der Waals surface area contributed by atoms with Gasteiger partial charge in [0.25, 0.3) is 0 Å². The molecule has 108 valence electrons. The fourth-order valence-corrected chi connectivity index (χ4v) is 2.63. The zero-order valence-corrected chi connectivity index (χ0v) is 11.1. The maximum atomic E-state index is 10.9. The third kappa shape index (κ3) is 2.17. The van der Waals surface area contributed by atoms with Crippen molar-refractivity contribution in [3.05, 3.63) is 12.7 Å². The molecule has 1 aliphatic rings. The van der Waals surface area contributed by atoms with E-state index in [1.165, 1.54) is 17.2 Å². The topological polar surface area (TPSA) is 146 Å². The molecular formula is C9H12N5O5P. The number of rotatable bonds is 3. The molecule has 0 radical (unpaired) electrons. The highest BCUT2D eigenvalue weighted by atomic mass is 31.1. The molecule has 2 aromatic heterocycles. The van der Waals surface area contributed by atoms with Crippen molar-refractivity contribution in [2.75, 3.05) is 12.3 Å². The summed E-state index contributed by atoms with van der Waals surface area (Å²) in [4.78, 5) is 20.8. The fourth-order valence-electron chi connectivity index (χ4n) is 2.12. The Morgan fingerprint density at radius 2 is 2.30 bits per heavy atom. The van der Waals surface area contributed by atoms with Crippen LogP contribution >= 0.6 is 8.25 Å². The number of fused-ring (bicyclic) bond motifs is 1. The minimum absolute atomic E-state index is 0.0231. The Morgan fingerprint density at radius 1 is 1.50 bits per heavy atom. The van der Waals surface area contributed by atoms with E-state index in [2.05, 4.69) is 15.0 Å². The first-order valence-corrected chi connectivity index (χ1v) is 6.96. The summed E-state index contributed by atoms with van der Waals surface area (Å²) in [7, 11) is -3.21. The molecule has 3 heterocycles. The van der Waals surface area contributed by atoms with Crippen LogP contribution in [-0.4, -0.2) is 48.3 Å². The molecule has 0 saturated carbocycles. The van der Waals surface area contributed by atoms with E-state index >= 15 is 0 Å². The second kappa shape index (κ2) is 5.08. The Balaban J connectivity index is 2.01. The third-order valence-electron chi connectivity index (χ3n) is 3.00. The molecule has 4 atom stereocenters. The van der Waals surface area contributed by atoms with Crippen LogP contribution in [0.1, 0.15) is 6.23 Å². The van der Waals surface area contributed by atoms with Gasteiger partial charge >= 0.3 is 8.25 Å². The van der Waals surface area contributed by atoms with Crippen LogP contribution in [0.2, 0.25) is 0 Å². The van der Waals surface area contributed by atoms with Gasteiger partial charge in [-0.25, -0.2) is 15.0 Å². The number of aromatic nitrogens is 4. The van der Waals surface area contributed by atoms with Crippen LogP contribution in [0.3, 0.4) is 0 Å². The van der Waals surface area contributed by atoms with E-state index in [4.69, 9.17) is 19.9 Å². The second-order valence-electron chi connectivity index (χ2n) is 4.22. The van der Waals surface area contributed by atoms with Crippen LogP contribution in [0.15, 0.2) is 12.7 Å². The van der Waals surface area contributed by atoms with Gasteiger partial charge in [-0.15, -0.1) is 0 Å². The van der Waals surface area contributed by atoms with Crippen LogP contribution in [0.4, 0.5) is 5.82 Å². The highest BCUT2D eigenvalue weighted by molar-refractivity contribution is 7.32. The minimum atomic E-state index is -3.21. The third-order valence-corrected chi connectivity index (χ3v) is 3.47. The van der Waals surface area contributed by atoms with Crippen molar-refractivity contribution in [1.82, 2.24) is 19.5 Å². The molecule has 0 spiro atoms. The van der Waals surface area contributed by atoms with Crippen molar-refractivity contribution in [3.8, 4) is 0 Å². The molecule has 0 aromatic carbocycles. The molecular weight excluding hydrogens is 289 g/mol. The average Bonchev–Trinajstić information content (AvgIpc) is 2.95. The summed E-state index contributed by atoms with van der Waals surface area (Å²) in [5.74, 6) is 0.209. The molecule has 2 aromatic rings. The summed E-state index contributed by atoms with van der Waals surface area (Å²) < 4.78 is 22.6. The molecule has 0 aliphatic carbocycles. The highest BCUT2D eigenvalue weighted by Gasteiger charge is 2.40. The van der Waals surface area contributed by atoms with Gasteiger partial charge in [-0.2, -0.15) is 0 Å². The van der Waals surface area contributed by atoms with Crippen molar-refractivity contribution in [2.24, 2.45) is 0 Å². The number of hydrogen-bond acceptors (Lipinski definition) is 8. The van der Waals surface area contributed by atoms with Crippen LogP contribution in [-0.2, 0) is 13.8 Å². The molecule has 1 fully saturated rings. The van der Waals surface area contributed by atoms with Gasteiger partial charge in [0.15, 0.2) is 17.7 Å². The zero-order chi connectivity index (χ0) is 14.3. The predicted molar refractivity (Wildman–Crippen MR) is 66.8 cm³/mol. The van der Waals surface area contributed by atoms with Crippen molar-refractivity contribution in [2.45, 2.75) is 18.4 Å². The Morgan fingerprint density at radius 3 is 3.05 bits per heavy atom. The number of ether oxygens (including phenoxy) is 1. The number of aliphatic hydroxyl groups is 1. The lowest BCUT2D eigenvalue weighted by molar-refractivity contribution is -0.00372. The number of nitrogen functional groups attached to an aromatic ring is 1. The van der Waals surface area contributed by atoms with Gasteiger partial charge in [0.1, 0.15) is 24.1 Å². The molecule has 3 unspecified atom stereocenters. The lowest BCUT2D eigenvalue weighted by Crippen LogP contribution is -2.29. The summed E-state index contributed by atoms with van der Waals surface area (Å²) in [6, 6.07) is 0. The van der Waals surface area contributed by atoms with Crippen LogP contribution in [0.25, 0.3) is 11.2 Å². The lowest BCUT2D eigenvalue weighted by Gasteiger charge is -2.20. The first-order valence-electron chi connectivity index (χ1n) is 5.70. The van der Waals surface area contributed by atoms with Crippen LogP contribution in [0, 0.1) is 0 Å². The van der Waals surface area contributed by atoms with Crippen molar-refractivity contribution in [3.63, 3.8) is 0 Å². The molecule has 3 rings (SSSR count). The average molecular weight is 301 g/mol. The number of nitrogens with zero attached hydrogens (tertiary/aromatic N) is 4. The molecule has 20 heavy (non-hydrogen) atoms. The number of hydrogen-bond donors (Lipinski definition) is 3. The van der Waals surface area contributed by atoms with Gasteiger partial charge in [0, 0.05) is 0 Å². The number of anilines is 1. The van der Waals surface area contributed by atoms with E-state index in [0.717, 1.165) is 0 Å². The predicted octanol–water partition coefficient (Wildman–Crippen LogP) is -0.935. The van der Waals surface area contributed by atoms with Gasteiger partial charge in [0.05, 0.1) is 12.9 Å². The fraction of sp³-hybridized carbons (Fsp3) is 0.444. The van der Waals surface area contributed by atoms with Gasteiger partial charge in [-0.05, 0) is 0 Å². The maximum Gasteiger partial charge on any atom is 0.317 e. The largest absolute Gasteiger partial charge is 0.388 e. The quantitative estimate of drug-likeness (QED) is 0.611. The second-order valence-corrected chi connectivity index (χ2v) is 4.99. The monoisotopic (exact) mass is 301 g/mol. The first kappa shape index (κ1) is 13.4. The Kier molecular flexibility index (Phi) is 3.40. The summed E-state index contributed by atoms with van der Waals surface area (Å²) in [6.07, 6.45) is -0.141. The van der Waals surface area contributed by atoms with E-state index in [0.29, 0.717) is 11.2 Å². The smallest absolute Gasteiger partial charge is 0.317 e. The SMILES string of the molecule is Nc1ncnc2c1ncn2[C@@H]1OCC(O)C1O[PH](=O)O. The molecule has 1 aliphatic heterocycles. The van der Waals surface area contributed by atoms with E-state index in [1.54, 1.807) is 0 Å². The molecule has 0 amide bonds. The Hall–Kier alpha value is -1.58. The van der Waals surface area contributed by atoms with E-state index < -0.39 is 26.7 Å². The number of nitrogens with two attached hydrogens (primary N) is 1. The molecule has 11 heteroatoms. The maximum absolute atomic E-state index is 10.9. The van der Waals surface area contributed by atoms with Crippen LogP contribution in [0.5, 0.6) is 0 Å². The molecule has 0 bridgehead atoms. The summed E-state index contributed by atoms with van der Waals surface area (Å²) in [6.45, 7) is -0.0231.